The first-order chi connectivity index (χ1) is 5.83. The van der Waals surface area contributed by atoms with Crippen LogP contribution in [-0.4, -0.2) is 11.8 Å². The summed E-state index contributed by atoms with van der Waals surface area (Å²) in [7, 11) is 0. The van der Waals surface area contributed by atoms with Crippen LogP contribution in [0.1, 0.15) is 39.5 Å². The minimum absolute atomic E-state index is 0.0376. The van der Waals surface area contributed by atoms with Crippen molar-refractivity contribution >= 4 is 11.8 Å². The molecule has 76 valence electrons. The van der Waals surface area contributed by atoms with Gasteiger partial charge in [0.05, 0.1) is 0 Å². The molecule has 4 nitrogen and oxygen atoms in total. The zero-order valence-corrected chi connectivity index (χ0v) is 8.30. The molecule has 0 atom stereocenters. The monoisotopic (exact) mass is 186 g/mol. The average Bonchev–Trinajstić information content (AvgIpc) is 1.98. The molecule has 4 heteroatoms. The molecule has 0 aliphatic heterocycles. The fourth-order valence-electron chi connectivity index (χ4n) is 1.05. The van der Waals surface area contributed by atoms with Crippen LogP contribution >= 0.6 is 0 Å². The van der Waals surface area contributed by atoms with E-state index in [1.165, 1.54) is 0 Å². The van der Waals surface area contributed by atoms with Crippen LogP contribution in [0.4, 0.5) is 0 Å². The molecule has 13 heavy (non-hydrogen) atoms. The van der Waals surface area contributed by atoms with Gasteiger partial charge >= 0.3 is 0 Å². The number of nitrogens with two attached hydrogens (primary N) is 2. The van der Waals surface area contributed by atoms with E-state index in [4.69, 9.17) is 11.5 Å². The zero-order chi connectivity index (χ0) is 10.5. The summed E-state index contributed by atoms with van der Waals surface area (Å²) in [5, 5.41) is 0. The smallest absolute Gasteiger partial charge is 0.217 e. The van der Waals surface area contributed by atoms with E-state index in [1.54, 1.807) is 0 Å². The van der Waals surface area contributed by atoms with Crippen molar-refractivity contribution in [2.45, 2.75) is 39.5 Å². The van der Waals surface area contributed by atoms with E-state index in [9.17, 15) is 9.59 Å². The number of carbonyl (C=O) groups excluding carboxylic acids is 2. The van der Waals surface area contributed by atoms with Crippen molar-refractivity contribution in [3.8, 4) is 0 Å². The molecule has 0 fully saturated rings. The Morgan fingerprint density at radius 2 is 1.31 bits per heavy atom. The number of hydrogen-bond acceptors (Lipinski definition) is 2. The van der Waals surface area contributed by atoms with Crippen molar-refractivity contribution in [2.24, 2.45) is 16.9 Å². The quantitative estimate of drug-likeness (QED) is 0.634. The number of amides is 2. The average molecular weight is 186 g/mol. The van der Waals surface area contributed by atoms with Crippen LogP contribution in [0.3, 0.4) is 0 Å². The van der Waals surface area contributed by atoms with Crippen LogP contribution in [0, 0.1) is 5.41 Å². The Bertz CT molecular complexity index is 180. The van der Waals surface area contributed by atoms with Gasteiger partial charge in [-0.2, -0.15) is 0 Å². The lowest BCUT2D eigenvalue weighted by molar-refractivity contribution is -0.118. The molecule has 0 aromatic rings. The minimum atomic E-state index is -0.299. The van der Waals surface area contributed by atoms with Gasteiger partial charge in [0.15, 0.2) is 0 Å². The molecular weight excluding hydrogens is 168 g/mol. The standard InChI is InChI=1S/C9H18N2O2/c1-9(2,5-3-7(10)12)6-4-8(11)13/h3-6H2,1-2H3,(H2,10,12)(H2,11,13). The van der Waals surface area contributed by atoms with Gasteiger partial charge in [0.2, 0.25) is 11.8 Å². The Balaban J connectivity index is 3.79. The molecule has 4 N–H and O–H groups in total. The molecule has 0 unspecified atom stereocenters. The van der Waals surface area contributed by atoms with Gasteiger partial charge < -0.3 is 11.5 Å². The Labute approximate surface area is 78.7 Å². The minimum Gasteiger partial charge on any atom is -0.370 e. The molecule has 0 radical (unpaired) electrons. The van der Waals surface area contributed by atoms with Gasteiger partial charge in [-0.3, -0.25) is 9.59 Å². The van der Waals surface area contributed by atoms with Crippen molar-refractivity contribution in [1.82, 2.24) is 0 Å². The van der Waals surface area contributed by atoms with Crippen LogP contribution in [0.5, 0.6) is 0 Å². The van der Waals surface area contributed by atoms with Gasteiger partial charge in [-0.05, 0) is 18.3 Å². The first-order valence-electron chi connectivity index (χ1n) is 4.40. The van der Waals surface area contributed by atoms with Crippen LogP contribution in [0.25, 0.3) is 0 Å². The number of carbonyl (C=O) groups is 2. The van der Waals surface area contributed by atoms with Crippen molar-refractivity contribution in [3.63, 3.8) is 0 Å². The largest absolute Gasteiger partial charge is 0.370 e. The predicted molar refractivity (Wildman–Crippen MR) is 50.6 cm³/mol. The summed E-state index contributed by atoms with van der Waals surface area (Å²) in [5.74, 6) is -0.598. The maximum atomic E-state index is 10.5. The summed E-state index contributed by atoms with van der Waals surface area (Å²) >= 11 is 0. The zero-order valence-electron chi connectivity index (χ0n) is 8.30. The molecule has 0 aliphatic rings. The molecular formula is C9H18N2O2. The molecule has 0 aromatic carbocycles. The molecule has 0 rings (SSSR count). The van der Waals surface area contributed by atoms with E-state index in [1.807, 2.05) is 13.8 Å². The van der Waals surface area contributed by atoms with E-state index < -0.39 is 0 Å². The second kappa shape index (κ2) is 4.84. The normalized spacial score (nSPS) is 11.2. The number of hydrogen-bond donors (Lipinski definition) is 2. The fraction of sp³-hybridized carbons (Fsp3) is 0.778. The van der Waals surface area contributed by atoms with Gasteiger partial charge in [0.1, 0.15) is 0 Å². The van der Waals surface area contributed by atoms with Crippen molar-refractivity contribution in [1.29, 1.82) is 0 Å². The van der Waals surface area contributed by atoms with Gasteiger partial charge in [0.25, 0.3) is 0 Å². The van der Waals surface area contributed by atoms with Gasteiger partial charge in [-0.1, -0.05) is 13.8 Å². The molecule has 0 saturated heterocycles. The first-order valence-corrected chi connectivity index (χ1v) is 4.40. The Hall–Kier alpha value is -1.06. The van der Waals surface area contributed by atoms with Gasteiger partial charge in [0, 0.05) is 12.8 Å². The summed E-state index contributed by atoms with van der Waals surface area (Å²) in [5.41, 5.74) is 10.0. The third-order valence-electron chi connectivity index (χ3n) is 2.10. The highest BCUT2D eigenvalue weighted by molar-refractivity contribution is 5.74. The molecule has 0 aromatic heterocycles. The van der Waals surface area contributed by atoms with Crippen LogP contribution in [0.2, 0.25) is 0 Å². The summed E-state index contributed by atoms with van der Waals surface area (Å²) in [6.45, 7) is 4.00. The van der Waals surface area contributed by atoms with E-state index in [2.05, 4.69) is 0 Å². The van der Waals surface area contributed by atoms with Crippen molar-refractivity contribution in [2.75, 3.05) is 0 Å². The predicted octanol–water partition coefficient (Wildman–Crippen LogP) is 0.544. The summed E-state index contributed by atoms with van der Waals surface area (Å²) < 4.78 is 0. The van der Waals surface area contributed by atoms with Crippen LogP contribution < -0.4 is 11.5 Å². The van der Waals surface area contributed by atoms with E-state index >= 15 is 0 Å². The fourth-order valence-corrected chi connectivity index (χ4v) is 1.05. The topological polar surface area (TPSA) is 86.2 Å². The first kappa shape index (κ1) is 11.9. The van der Waals surface area contributed by atoms with Crippen LogP contribution in [0.15, 0.2) is 0 Å². The van der Waals surface area contributed by atoms with E-state index in [0.29, 0.717) is 25.7 Å². The molecule has 0 heterocycles. The highest BCUT2D eigenvalue weighted by Gasteiger charge is 2.19. The summed E-state index contributed by atoms with van der Waals surface area (Å²) in [4.78, 5) is 21.0. The highest BCUT2D eigenvalue weighted by atomic mass is 16.1. The SMILES string of the molecule is CC(C)(CCC(N)=O)CCC(N)=O. The van der Waals surface area contributed by atoms with Gasteiger partial charge in [-0.15, -0.1) is 0 Å². The van der Waals surface area contributed by atoms with Gasteiger partial charge in [-0.25, -0.2) is 0 Å². The maximum absolute atomic E-state index is 10.5. The van der Waals surface area contributed by atoms with Crippen molar-refractivity contribution < 1.29 is 9.59 Å². The Morgan fingerprint density at radius 3 is 1.54 bits per heavy atom. The molecule has 0 aliphatic carbocycles. The van der Waals surface area contributed by atoms with E-state index in [-0.39, 0.29) is 17.2 Å². The van der Waals surface area contributed by atoms with Crippen LogP contribution in [-0.2, 0) is 9.59 Å². The molecule has 0 spiro atoms. The second-order valence-corrected chi connectivity index (χ2v) is 4.10. The Morgan fingerprint density at radius 1 is 1.00 bits per heavy atom. The third kappa shape index (κ3) is 7.31. The lowest BCUT2D eigenvalue weighted by Crippen LogP contribution is -2.20. The number of rotatable bonds is 6. The number of primary amides is 2. The van der Waals surface area contributed by atoms with E-state index in [0.717, 1.165) is 0 Å². The summed E-state index contributed by atoms with van der Waals surface area (Å²) in [6.07, 6.45) is 2.14. The third-order valence-corrected chi connectivity index (χ3v) is 2.10. The second-order valence-electron chi connectivity index (χ2n) is 4.10. The lowest BCUT2D eigenvalue weighted by atomic mass is 9.83. The lowest BCUT2D eigenvalue weighted by Gasteiger charge is -2.22. The molecule has 0 bridgehead atoms. The van der Waals surface area contributed by atoms with Crippen molar-refractivity contribution in [3.05, 3.63) is 0 Å². The highest BCUT2D eigenvalue weighted by Crippen LogP contribution is 2.27. The molecule has 0 saturated carbocycles. The Kier molecular flexibility index (Phi) is 4.45. The maximum Gasteiger partial charge on any atom is 0.217 e. The summed E-state index contributed by atoms with van der Waals surface area (Å²) in [6, 6.07) is 0. The molecule has 2 amide bonds.